The molecule has 4 rings (SSSR count). The average molecular weight is 585 g/mol. The van der Waals surface area contributed by atoms with Crippen LogP contribution in [0.15, 0.2) is 53.5 Å². The van der Waals surface area contributed by atoms with E-state index in [0.717, 1.165) is 5.56 Å². The van der Waals surface area contributed by atoms with Crippen molar-refractivity contribution in [3.05, 3.63) is 70.8 Å². The summed E-state index contributed by atoms with van der Waals surface area (Å²) in [7, 11) is 0. The summed E-state index contributed by atoms with van der Waals surface area (Å²) in [5.41, 5.74) is -4.46. The normalized spacial score (nSPS) is 24.6. The number of alkyl halides is 6. The average Bonchev–Trinajstić information content (AvgIpc) is 3.33. The second-order valence-corrected chi connectivity index (χ2v) is 11.9. The van der Waals surface area contributed by atoms with E-state index in [0.29, 0.717) is 44.2 Å². The Morgan fingerprint density at radius 2 is 1.51 bits per heavy atom. The van der Waals surface area contributed by atoms with Crippen LogP contribution in [0.5, 0.6) is 0 Å². The van der Waals surface area contributed by atoms with Crippen molar-refractivity contribution < 1.29 is 41.0 Å². The minimum absolute atomic E-state index is 0.0367. The van der Waals surface area contributed by atoms with Gasteiger partial charge >= 0.3 is 12.4 Å². The minimum Gasteiger partial charge on any atom is -0.390 e. The molecule has 1 N–H and O–H groups in total. The Balaban J connectivity index is 1.63. The standard InChI is InChI=1S/C30H34F6N2O3/c1-20(21-13-23(29(31,32)33)15-24(14-21)30(34,35)36)41-18-27(22-7-5-4-6-8-22)9-11-28(12-10-27,17-26(2,3)40)38-19-37-16-25(38)39/h4-8,13-15,19-20,40H,9-12,16-18H2,1-3H3/t20-,27?,28?/m1/s1. The quantitative estimate of drug-likeness (QED) is 0.337. The SMILES string of the molecule is C[C@@H](OCC1(c2ccccc2)CCC(CC(C)(C)O)(N2C=NCC2=O)CC1)c1cc(C(F)(F)F)cc(C(F)(F)F)c1. The first-order chi connectivity index (χ1) is 18.9. The highest BCUT2D eigenvalue weighted by molar-refractivity contribution is 5.95. The zero-order valence-corrected chi connectivity index (χ0v) is 23.1. The van der Waals surface area contributed by atoms with E-state index in [1.807, 2.05) is 30.3 Å². The molecule has 0 aromatic heterocycles. The number of hydrogen-bond acceptors (Lipinski definition) is 4. The molecule has 0 spiro atoms. The summed E-state index contributed by atoms with van der Waals surface area (Å²) in [5, 5.41) is 10.7. The van der Waals surface area contributed by atoms with E-state index in [-0.39, 0.29) is 30.7 Å². The van der Waals surface area contributed by atoms with E-state index in [9.17, 15) is 36.2 Å². The van der Waals surface area contributed by atoms with Gasteiger partial charge in [-0.25, -0.2) is 0 Å². The van der Waals surface area contributed by atoms with Gasteiger partial charge in [-0.15, -0.1) is 0 Å². The van der Waals surface area contributed by atoms with E-state index in [4.69, 9.17) is 4.74 Å². The fourth-order valence-electron chi connectivity index (χ4n) is 6.13. The molecule has 1 aliphatic carbocycles. The van der Waals surface area contributed by atoms with Crippen LogP contribution < -0.4 is 0 Å². The Morgan fingerprint density at radius 3 is 1.98 bits per heavy atom. The molecule has 2 aromatic carbocycles. The number of aliphatic hydroxyl groups is 1. The van der Waals surface area contributed by atoms with E-state index >= 15 is 0 Å². The maximum Gasteiger partial charge on any atom is 0.416 e. The van der Waals surface area contributed by atoms with Crippen molar-refractivity contribution in [2.45, 2.75) is 87.9 Å². The van der Waals surface area contributed by atoms with E-state index < -0.39 is 46.1 Å². The number of ether oxygens (including phenoxy) is 1. The van der Waals surface area contributed by atoms with Gasteiger partial charge in [-0.2, -0.15) is 26.3 Å². The Labute approximate surface area is 235 Å². The summed E-state index contributed by atoms with van der Waals surface area (Å²) in [6, 6.07) is 10.9. The van der Waals surface area contributed by atoms with Crippen LogP contribution in [-0.4, -0.2) is 46.5 Å². The zero-order valence-electron chi connectivity index (χ0n) is 23.1. The predicted molar refractivity (Wildman–Crippen MR) is 141 cm³/mol. The molecule has 1 saturated carbocycles. The molecule has 1 heterocycles. The third-order valence-electron chi connectivity index (χ3n) is 8.18. The third-order valence-corrected chi connectivity index (χ3v) is 8.18. The Hall–Kier alpha value is -2.92. The van der Waals surface area contributed by atoms with Gasteiger partial charge in [-0.1, -0.05) is 30.3 Å². The smallest absolute Gasteiger partial charge is 0.390 e. The van der Waals surface area contributed by atoms with Gasteiger partial charge in [-0.3, -0.25) is 14.7 Å². The number of carbonyl (C=O) groups excluding carboxylic acids is 1. The van der Waals surface area contributed by atoms with Gasteiger partial charge in [0.15, 0.2) is 0 Å². The molecule has 2 aliphatic rings. The van der Waals surface area contributed by atoms with Crippen molar-refractivity contribution in [2.75, 3.05) is 13.2 Å². The summed E-state index contributed by atoms with van der Waals surface area (Å²) in [5.74, 6) is -0.156. The van der Waals surface area contributed by atoms with Gasteiger partial charge in [0.1, 0.15) is 6.54 Å². The Morgan fingerprint density at radius 1 is 0.951 bits per heavy atom. The molecule has 11 heteroatoms. The Bertz CT molecular complexity index is 1230. The number of aliphatic imine (C=N–C) groups is 1. The Kier molecular flexibility index (Phi) is 8.36. The number of halogens is 6. The highest BCUT2D eigenvalue weighted by Crippen LogP contribution is 2.49. The molecule has 5 nitrogen and oxygen atoms in total. The van der Waals surface area contributed by atoms with Gasteiger partial charge in [0.05, 0.1) is 41.3 Å². The number of nitrogens with zero attached hydrogens (tertiary/aromatic N) is 2. The monoisotopic (exact) mass is 584 g/mol. The molecule has 0 unspecified atom stereocenters. The molecule has 41 heavy (non-hydrogen) atoms. The molecule has 1 fully saturated rings. The molecule has 0 radical (unpaired) electrons. The number of hydrogen-bond donors (Lipinski definition) is 1. The molecule has 224 valence electrons. The van der Waals surface area contributed by atoms with Crippen molar-refractivity contribution in [1.82, 2.24) is 4.90 Å². The topological polar surface area (TPSA) is 62.1 Å². The fraction of sp³-hybridized carbons (Fsp3) is 0.533. The number of amides is 1. The van der Waals surface area contributed by atoms with Crippen LogP contribution in [0.3, 0.4) is 0 Å². The number of carbonyl (C=O) groups is 1. The van der Waals surface area contributed by atoms with Crippen molar-refractivity contribution in [2.24, 2.45) is 4.99 Å². The van der Waals surface area contributed by atoms with Gasteiger partial charge in [0, 0.05) is 5.41 Å². The highest BCUT2D eigenvalue weighted by atomic mass is 19.4. The largest absolute Gasteiger partial charge is 0.416 e. The van der Waals surface area contributed by atoms with Crippen molar-refractivity contribution >= 4 is 12.2 Å². The van der Waals surface area contributed by atoms with Gasteiger partial charge in [0.2, 0.25) is 5.91 Å². The fourth-order valence-corrected chi connectivity index (χ4v) is 6.13. The van der Waals surface area contributed by atoms with Crippen LogP contribution in [0, 0.1) is 0 Å². The van der Waals surface area contributed by atoms with E-state index in [1.54, 1.807) is 18.7 Å². The third kappa shape index (κ3) is 6.94. The first kappa shape index (κ1) is 31.0. The predicted octanol–water partition coefficient (Wildman–Crippen LogP) is 7.08. The second kappa shape index (κ2) is 11.1. The maximum absolute atomic E-state index is 13.4. The lowest BCUT2D eigenvalue weighted by Gasteiger charge is -2.51. The molecule has 0 saturated heterocycles. The molecule has 1 atom stereocenters. The number of rotatable bonds is 8. The van der Waals surface area contributed by atoms with Crippen molar-refractivity contribution in [3.8, 4) is 0 Å². The lowest BCUT2D eigenvalue weighted by atomic mass is 9.62. The molecule has 2 aromatic rings. The molecule has 1 amide bonds. The first-order valence-electron chi connectivity index (χ1n) is 13.5. The van der Waals surface area contributed by atoms with Crippen LogP contribution >= 0.6 is 0 Å². The molecular formula is C30H34F6N2O3. The van der Waals surface area contributed by atoms with Gasteiger partial charge in [-0.05, 0) is 82.2 Å². The molecule has 0 bridgehead atoms. The summed E-state index contributed by atoms with van der Waals surface area (Å²) < 4.78 is 86.7. The summed E-state index contributed by atoms with van der Waals surface area (Å²) in [4.78, 5) is 18.4. The lowest BCUT2D eigenvalue weighted by Crippen LogP contribution is -2.57. The van der Waals surface area contributed by atoms with Crippen molar-refractivity contribution in [3.63, 3.8) is 0 Å². The first-order valence-corrected chi connectivity index (χ1v) is 13.5. The van der Waals surface area contributed by atoms with Crippen LogP contribution in [-0.2, 0) is 27.3 Å². The summed E-state index contributed by atoms with van der Waals surface area (Å²) >= 11 is 0. The van der Waals surface area contributed by atoms with E-state index in [1.165, 1.54) is 13.3 Å². The maximum atomic E-state index is 13.4. The van der Waals surface area contributed by atoms with E-state index in [2.05, 4.69) is 4.99 Å². The second-order valence-electron chi connectivity index (χ2n) is 11.9. The lowest BCUT2D eigenvalue weighted by molar-refractivity contribution is -0.143. The summed E-state index contributed by atoms with van der Waals surface area (Å²) in [6.45, 7) is 4.88. The van der Waals surface area contributed by atoms with Crippen LogP contribution in [0.2, 0.25) is 0 Å². The van der Waals surface area contributed by atoms with Crippen LogP contribution in [0.1, 0.15) is 81.2 Å². The number of benzene rings is 2. The zero-order chi connectivity index (χ0) is 30.3. The molecular weight excluding hydrogens is 550 g/mol. The summed E-state index contributed by atoms with van der Waals surface area (Å²) in [6.07, 6.45) is -7.14. The van der Waals surface area contributed by atoms with Crippen molar-refractivity contribution in [1.29, 1.82) is 0 Å². The highest BCUT2D eigenvalue weighted by Gasteiger charge is 2.50. The van der Waals surface area contributed by atoms with Gasteiger partial charge in [0.25, 0.3) is 0 Å². The molecule has 1 aliphatic heterocycles. The minimum atomic E-state index is -4.95. The van der Waals surface area contributed by atoms with Gasteiger partial charge < -0.3 is 9.84 Å². The van der Waals surface area contributed by atoms with Crippen LogP contribution in [0.25, 0.3) is 0 Å². The van der Waals surface area contributed by atoms with Crippen LogP contribution in [0.4, 0.5) is 26.3 Å².